The molecule has 1 N–H and O–H groups in total. The number of hydrogen-bond acceptors (Lipinski definition) is 4. The fraction of sp³-hybridized carbons (Fsp3) is 0.850. The van der Waals surface area contributed by atoms with Crippen molar-refractivity contribution in [1.29, 1.82) is 0 Å². The second-order valence-electron chi connectivity index (χ2n) is 8.01. The summed E-state index contributed by atoms with van der Waals surface area (Å²) in [6, 6.07) is 0. The maximum absolute atomic E-state index is 5.19. The first-order valence-electron chi connectivity index (χ1n) is 10.5. The number of hydrogen-bond donors (Lipinski definition) is 1. The van der Waals surface area contributed by atoms with Crippen molar-refractivity contribution in [2.45, 2.75) is 78.1 Å². The summed E-state index contributed by atoms with van der Waals surface area (Å²) in [5.74, 6) is 2.52. The lowest BCUT2D eigenvalue weighted by atomic mass is 9.74. The normalized spacial score (nSPS) is 21.0. The summed E-state index contributed by atoms with van der Waals surface area (Å²) in [6.45, 7) is 8.05. The van der Waals surface area contributed by atoms with Crippen LogP contribution in [0.4, 0.5) is 0 Å². The highest BCUT2D eigenvalue weighted by atomic mass is 16.5. The predicted molar refractivity (Wildman–Crippen MR) is 104 cm³/mol. The molecule has 6 nitrogen and oxygen atoms in total. The van der Waals surface area contributed by atoms with Gasteiger partial charge in [-0.15, -0.1) is 0 Å². The minimum Gasteiger partial charge on any atom is -0.357 e. The van der Waals surface area contributed by atoms with Crippen LogP contribution in [-0.2, 0) is 6.42 Å². The first-order chi connectivity index (χ1) is 12.7. The summed E-state index contributed by atoms with van der Waals surface area (Å²) in [5, 5.41) is 7.36. The monoisotopic (exact) mass is 361 g/mol. The van der Waals surface area contributed by atoms with Crippen molar-refractivity contribution in [2.24, 2.45) is 10.4 Å². The number of aryl methyl sites for hydroxylation is 2. The molecule has 2 aliphatic rings. The molecule has 1 spiro atoms. The molecule has 1 saturated carbocycles. The molecule has 1 aliphatic heterocycles. The Morgan fingerprint density at radius 2 is 1.96 bits per heavy atom. The van der Waals surface area contributed by atoms with Crippen molar-refractivity contribution in [3.05, 3.63) is 11.7 Å². The summed E-state index contributed by atoms with van der Waals surface area (Å²) < 4.78 is 5.19. The minimum atomic E-state index is 0.534. The van der Waals surface area contributed by atoms with Gasteiger partial charge >= 0.3 is 0 Å². The van der Waals surface area contributed by atoms with Crippen LogP contribution in [0.5, 0.6) is 0 Å². The molecule has 0 bridgehead atoms. The third-order valence-electron chi connectivity index (χ3n) is 5.84. The molecule has 146 valence electrons. The Bertz CT molecular complexity index is 575. The van der Waals surface area contributed by atoms with Crippen LogP contribution >= 0.6 is 0 Å². The molecule has 1 aliphatic carbocycles. The molecule has 0 amide bonds. The van der Waals surface area contributed by atoms with Gasteiger partial charge in [0, 0.05) is 32.6 Å². The summed E-state index contributed by atoms with van der Waals surface area (Å²) in [5.41, 5.74) is 0.534. The van der Waals surface area contributed by atoms with E-state index in [1.807, 2.05) is 6.92 Å². The summed E-state index contributed by atoms with van der Waals surface area (Å²) in [7, 11) is 0. The van der Waals surface area contributed by atoms with E-state index in [-0.39, 0.29) is 0 Å². The molecule has 6 heteroatoms. The number of aliphatic imine (C=N–C) groups is 1. The number of guanidine groups is 1. The van der Waals surface area contributed by atoms with Crippen molar-refractivity contribution in [2.75, 3.05) is 26.2 Å². The Labute approximate surface area is 157 Å². The van der Waals surface area contributed by atoms with E-state index in [2.05, 4.69) is 27.3 Å². The van der Waals surface area contributed by atoms with Crippen molar-refractivity contribution in [3.63, 3.8) is 0 Å². The third-order valence-corrected chi connectivity index (χ3v) is 5.84. The van der Waals surface area contributed by atoms with Gasteiger partial charge in [-0.25, -0.2) is 0 Å². The Hall–Kier alpha value is -1.59. The van der Waals surface area contributed by atoms with E-state index in [1.165, 1.54) is 57.9 Å². The van der Waals surface area contributed by atoms with Gasteiger partial charge in [0.1, 0.15) is 0 Å². The van der Waals surface area contributed by atoms with Crippen LogP contribution in [0.1, 0.15) is 76.4 Å². The Morgan fingerprint density at radius 3 is 2.65 bits per heavy atom. The first-order valence-corrected chi connectivity index (χ1v) is 10.5. The van der Waals surface area contributed by atoms with Gasteiger partial charge in [0.2, 0.25) is 5.89 Å². The highest BCUT2D eigenvalue weighted by molar-refractivity contribution is 5.80. The fourth-order valence-electron chi connectivity index (χ4n) is 4.56. The maximum Gasteiger partial charge on any atom is 0.226 e. The molecule has 2 heterocycles. The van der Waals surface area contributed by atoms with Crippen LogP contribution in [0.3, 0.4) is 0 Å². The van der Waals surface area contributed by atoms with E-state index in [0.29, 0.717) is 11.2 Å². The molecule has 0 atom stereocenters. The predicted octanol–water partition coefficient (Wildman–Crippen LogP) is 3.71. The van der Waals surface area contributed by atoms with Crippen LogP contribution in [-0.4, -0.2) is 47.2 Å². The van der Waals surface area contributed by atoms with Gasteiger partial charge < -0.3 is 14.7 Å². The van der Waals surface area contributed by atoms with Crippen LogP contribution in [0, 0.1) is 12.3 Å². The summed E-state index contributed by atoms with van der Waals surface area (Å²) in [6.07, 6.45) is 12.9. The number of aromatic nitrogens is 2. The lowest BCUT2D eigenvalue weighted by Gasteiger charge is -2.44. The molecule has 26 heavy (non-hydrogen) atoms. The Kier molecular flexibility index (Phi) is 6.92. The second-order valence-corrected chi connectivity index (χ2v) is 8.01. The number of likely N-dealkylation sites (tertiary alicyclic amines) is 1. The fourth-order valence-corrected chi connectivity index (χ4v) is 4.56. The standard InChI is InChI=1S/C20H35N5O/c1-3-21-19(22-14-8-10-18-23-17(2)24-26-18)25-15-9-13-20(16-25)11-6-4-5-7-12-20/h3-16H2,1-2H3,(H,21,22). The zero-order valence-electron chi connectivity index (χ0n) is 16.6. The number of nitrogens with one attached hydrogen (secondary N) is 1. The Balaban J connectivity index is 1.56. The van der Waals surface area contributed by atoms with Gasteiger partial charge in [0.15, 0.2) is 11.8 Å². The molecular weight excluding hydrogens is 326 g/mol. The number of piperidine rings is 1. The van der Waals surface area contributed by atoms with Gasteiger partial charge in [0.05, 0.1) is 0 Å². The largest absolute Gasteiger partial charge is 0.357 e. The summed E-state index contributed by atoms with van der Waals surface area (Å²) in [4.78, 5) is 11.7. The molecule has 1 aromatic rings. The smallest absolute Gasteiger partial charge is 0.226 e. The molecular formula is C20H35N5O. The van der Waals surface area contributed by atoms with Crippen molar-refractivity contribution in [1.82, 2.24) is 20.4 Å². The van der Waals surface area contributed by atoms with Gasteiger partial charge in [0.25, 0.3) is 0 Å². The van der Waals surface area contributed by atoms with Gasteiger partial charge in [-0.05, 0) is 51.4 Å². The highest BCUT2D eigenvalue weighted by Gasteiger charge is 2.36. The molecule has 1 saturated heterocycles. The number of nitrogens with zero attached hydrogens (tertiary/aromatic N) is 4. The summed E-state index contributed by atoms with van der Waals surface area (Å²) >= 11 is 0. The Morgan fingerprint density at radius 1 is 1.19 bits per heavy atom. The zero-order valence-corrected chi connectivity index (χ0v) is 16.6. The third kappa shape index (κ3) is 5.21. The maximum atomic E-state index is 5.19. The lowest BCUT2D eigenvalue weighted by Crippen LogP contribution is -2.50. The van der Waals surface area contributed by atoms with E-state index >= 15 is 0 Å². The second kappa shape index (κ2) is 9.38. The van der Waals surface area contributed by atoms with Gasteiger partial charge in [-0.2, -0.15) is 4.98 Å². The van der Waals surface area contributed by atoms with E-state index in [4.69, 9.17) is 9.52 Å². The zero-order chi connectivity index (χ0) is 18.2. The van der Waals surface area contributed by atoms with Crippen molar-refractivity contribution >= 4 is 5.96 Å². The van der Waals surface area contributed by atoms with E-state index < -0.39 is 0 Å². The first kappa shape index (κ1) is 19.2. The van der Waals surface area contributed by atoms with Gasteiger partial charge in [-0.3, -0.25) is 4.99 Å². The minimum absolute atomic E-state index is 0.534. The van der Waals surface area contributed by atoms with Gasteiger partial charge in [-0.1, -0.05) is 30.8 Å². The average Bonchev–Trinajstić information content (AvgIpc) is 2.93. The van der Waals surface area contributed by atoms with Crippen LogP contribution < -0.4 is 5.32 Å². The van der Waals surface area contributed by atoms with Crippen LogP contribution in [0.2, 0.25) is 0 Å². The van der Waals surface area contributed by atoms with Crippen LogP contribution in [0.25, 0.3) is 0 Å². The number of rotatable bonds is 5. The molecule has 0 unspecified atom stereocenters. The molecule has 2 fully saturated rings. The topological polar surface area (TPSA) is 66.5 Å². The quantitative estimate of drug-likeness (QED) is 0.492. The van der Waals surface area contributed by atoms with E-state index in [9.17, 15) is 0 Å². The molecule has 0 aromatic carbocycles. The van der Waals surface area contributed by atoms with E-state index in [0.717, 1.165) is 44.3 Å². The highest BCUT2D eigenvalue weighted by Crippen LogP contribution is 2.42. The molecule has 1 aromatic heterocycles. The average molecular weight is 362 g/mol. The van der Waals surface area contributed by atoms with Crippen LogP contribution in [0.15, 0.2) is 9.52 Å². The SMILES string of the molecule is CCNC(=NCCCc1nc(C)no1)N1CCCC2(CCCCCC2)C1. The molecule has 0 radical (unpaired) electrons. The van der Waals surface area contributed by atoms with Crippen molar-refractivity contribution in [3.8, 4) is 0 Å². The van der Waals surface area contributed by atoms with Crippen molar-refractivity contribution < 1.29 is 4.52 Å². The lowest BCUT2D eigenvalue weighted by molar-refractivity contribution is 0.115. The van der Waals surface area contributed by atoms with E-state index in [1.54, 1.807) is 0 Å². The molecule has 3 rings (SSSR count).